The van der Waals surface area contributed by atoms with E-state index in [4.69, 9.17) is 10.5 Å². The molecule has 2 nitrogen and oxygen atoms in total. The lowest BCUT2D eigenvalue weighted by atomic mass is 9.82. The van der Waals surface area contributed by atoms with Crippen LogP contribution in [0.3, 0.4) is 0 Å². The number of hydrogen-bond donors (Lipinski definition) is 1. The minimum atomic E-state index is 0.0402. The van der Waals surface area contributed by atoms with Crippen molar-refractivity contribution in [2.45, 2.75) is 82.8 Å². The maximum atomic E-state index is 6.48. The first kappa shape index (κ1) is 13.4. The minimum Gasteiger partial charge on any atom is -0.370 e. The van der Waals surface area contributed by atoms with Crippen molar-refractivity contribution in [2.24, 2.45) is 11.7 Å². The molecule has 0 radical (unpaired) electrons. The molecule has 2 unspecified atom stereocenters. The van der Waals surface area contributed by atoms with E-state index in [1.54, 1.807) is 0 Å². The molecule has 0 amide bonds. The van der Waals surface area contributed by atoms with Gasteiger partial charge in [0.15, 0.2) is 0 Å². The third kappa shape index (κ3) is 3.45. The van der Waals surface area contributed by atoms with Gasteiger partial charge in [-0.3, -0.25) is 0 Å². The SMILES string of the molecule is CCC1CCCC(OC2(CN)CCCCC2)C1. The lowest BCUT2D eigenvalue weighted by molar-refractivity contribution is -0.123. The van der Waals surface area contributed by atoms with E-state index in [1.165, 1.54) is 64.2 Å². The molecule has 0 aliphatic heterocycles. The Morgan fingerprint density at radius 2 is 1.88 bits per heavy atom. The molecule has 0 aromatic carbocycles. The summed E-state index contributed by atoms with van der Waals surface area (Å²) in [6, 6.07) is 0. The van der Waals surface area contributed by atoms with Gasteiger partial charge in [-0.2, -0.15) is 0 Å². The van der Waals surface area contributed by atoms with Crippen LogP contribution in [0.2, 0.25) is 0 Å². The van der Waals surface area contributed by atoms with Crippen molar-refractivity contribution in [1.82, 2.24) is 0 Å². The largest absolute Gasteiger partial charge is 0.370 e. The first-order valence-corrected chi connectivity index (χ1v) is 7.66. The summed E-state index contributed by atoms with van der Waals surface area (Å²) in [5, 5.41) is 0. The zero-order valence-electron chi connectivity index (χ0n) is 11.4. The van der Waals surface area contributed by atoms with Crippen LogP contribution >= 0.6 is 0 Å². The van der Waals surface area contributed by atoms with Crippen LogP contribution in [-0.2, 0) is 4.74 Å². The summed E-state index contributed by atoms with van der Waals surface area (Å²) in [5.74, 6) is 0.896. The maximum absolute atomic E-state index is 6.48. The third-order valence-electron chi connectivity index (χ3n) is 4.87. The van der Waals surface area contributed by atoms with Crippen molar-refractivity contribution >= 4 is 0 Å². The fourth-order valence-electron chi connectivity index (χ4n) is 3.64. The molecule has 0 heterocycles. The van der Waals surface area contributed by atoms with Gasteiger partial charge >= 0.3 is 0 Å². The molecule has 2 aliphatic carbocycles. The summed E-state index contributed by atoms with van der Waals surface area (Å²) in [4.78, 5) is 0. The predicted molar refractivity (Wildman–Crippen MR) is 72.0 cm³/mol. The summed E-state index contributed by atoms with van der Waals surface area (Å²) >= 11 is 0. The van der Waals surface area contributed by atoms with Crippen molar-refractivity contribution in [1.29, 1.82) is 0 Å². The van der Waals surface area contributed by atoms with Crippen LogP contribution in [0.4, 0.5) is 0 Å². The Kier molecular flexibility index (Phi) is 4.87. The van der Waals surface area contributed by atoms with E-state index in [0.717, 1.165) is 12.5 Å². The molecule has 0 saturated heterocycles. The van der Waals surface area contributed by atoms with Gasteiger partial charge in [0.2, 0.25) is 0 Å². The van der Waals surface area contributed by atoms with Crippen LogP contribution in [-0.4, -0.2) is 18.2 Å². The van der Waals surface area contributed by atoms with Gasteiger partial charge in [0.25, 0.3) is 0 Å². The average molecular weight is 239 g/mol. The second kappa shape index (κ2) is 6.19. The Morgan fingerprint density at radius 3 is 2.53 bits per heavy atom. The van der Waals surface area contributed by atoms with Crippen molar-refractivity contribution in [3.63, 3.8) is 0 Å². The van der Waals surface area contributed by atoms with Gasteiger partial charge in [0.1, 0.15) is 0 Å². The minimum absolute atomic E-state index is 0.0402. The number of ether oxygens (including phenoxy) is 1. The summed E-state index contributed by atoms with van der Waals surface area (Å²) in [5.41, 5.74) is 6.04. The summed E-state index contributed by atoms with van der Waals surface area (Å²) in [6.07, 6.45) is 13.5. The highest BCUT2D eigenvalue weighted by Crippen LogP contribution is 2.36. The molecule has 2 fully saturated rings. The average Bonchev–Trinajstić information content (AvgIpc) is 2.40. The zero-order valence-corrected chi connectivity index (χ0v) is 11.4. The molecule has 2 atom stereocenters. The molecular formula is C15H29NO. The monoisotopic (exact) mass is 239 g/mol. The van der Waals surface area contributed by atoms with Gasteiger partial charge in [-0.05, 0) is 31.6 Å². The van der Waals surface area contributed by atoms with E-state index < -0.39 is 0 Å². The zero-order chi connectivity index (χ0) is 12.1. The van der Waals surface area contributed by atoms with Crippen molar-refractivity contribution in [3.05, 3.63) is 0 Å². The van der Waals surface area contributed by atoms with E-state index >= 15 is 0 Å². The van der Waals surface area contributed by atoms with Gasteiger partial charge in [0.05, 0.1) is 11.7 Å². The van der Waals surface area contributed by atoms with Crippen LogP contribution < -0.4 is 5.73 Å². The fraction of sp³-hybridized carbons (Fsp3) is 1.00. The Hall–Kier alpha value is -0.0800. The smallest absolute Gasteiger partial charge is 0.0807 e. The van der Waals surface area contributed by atoms with E-state index in [2.05, 4.69) is 6.92 Å². The lowest BCUT2D eigenvalue weighted by Crippen LogP contribution is -2.46. The van der Waals surface area contributed by atoms with E-state index in [9.17, 15) is 0 Å². The molecule has 0 bridgehead atoms. The maximum Gasteiger partial charge on any atom is 0.0807 e. The van der Waals surface area contributed by atoms with Crippen LogP contribution in [0.5, 0.6) is 0 Å². The van der Waals surface area contributed by atoms with Crippen LogP contribution in [0.25, 0.3) is 0 Å². The van der Waals surface area contributed by atoms with Crippen molar-refractivity contribution in [2.75, 3.05) is 6.54 Å². The van der Waals surface area contributed by atoms with Gasteiger partial charge in [0, 0.05) is 6.54 Å². The van der Waals surface area contributed by atoms with Crippen molar-refractivity contribution < 1.29 is 4.74 Å². The highest BCUT2D eigenvalue weighted by atomic mass is 16.5. The topological polar surface area (TPSA) is 35.2 Å². The quantitative estimate of drug-likeness (QED) is 0.813. The molecule has 0 aromatic heterocycles. The molecule has 0 aromatic rings. The van der Waals surface area contributed by atoms with Crippen LogP contribution in [0, 0.1) is 5.92 Å². The molecule has 2 rings (SSSR count). The molecule has 2 saturated carbocycles. The molecule has 100 valence electrons. The van der Waals surface area contributed by atoms with Crippen molar-refractivity contribution in [3.8, 4) is 0 Å². The summed E-state index contributed by atoms with van der Waals surface area (Å²) in [7, 11) is 0. The summed E-state index contributed by atoms with van der Waals surface area (Å²) < 4.78 is 6.48. The second-order valence-corrected chi connectivity index (χ2v) is 6.13. The Morgan fingerprint density at radius 1 is 1.12 bits per heavy atom. The Bertz CT molecular complexity index is 223. The molecule has 2 heteroatoms. The third-order valence-corrected chi connectivity index (χ3v) is 4.87. The summed E-state index contributed by atoms with van der Waals surface area (Å²) in [6.45, 7) is 3.03. The first-order valence-electron chi connectivity index (χ1n) is 7.66. The molecule has 0 spiro atoms. The Balaban J connectivity index is 1.88. The van der Waals surface area contributed by atoms with E-state index in [1.807, 2.05) is 0 Å². The molecule has 2 N–H and O–H groups in total. The normalized spacial score (nSPS) is 33.5. The lowest BCUT2D eigenvalue weighted by Gasteiger charge is -2.41. The fourth-order valence-corrected chi connectivity index (χ4v) is 3.64. The van der Waals surface area contributed by atoms with Gasteiger partial charge in [-0.25, -0.2) is 0 Å². The highest BCUT2D eigenvalue weighted by molar-refractivity contribution is 4.87. The van der Waals surface area contributed by atoms with Crippen LogP contribution in [0.15, 0.2) is 0 Å². The van der Waals surface area contributed by atoms with Gasteiger partial charge < -0.3 is 10.5 Å². The second-order valence-electron chi connectivity index (χ2n) is 6.13. The standard InChI is InChI=1S/C15H29NO/c1-2-13-7-6-8-14(11-13)17-15(12-16)9-4-3-5-10-15/h13-14H,2-12,16H2,1H3. The first-order chi connectivity index (χ1) is 8.28. The molecule has 2 aliphatic rings. The predicted octanol–water partition coefficient (Wildman–Crippen LogP) is 3.63. The highest BCUT2D eigenvalue weighted by Gasteiger charge is 2.35. The number of hydrogen-bond acceptors (Lipinski definition) is 2. The Labute approximate surface area is 106 Å². The van der Waals surface area contributed by atoms with Gasteiger partial charge in [-0.1, -0.05) is 45.4 Å². The van der Waals surface area contributed by atoms with Gasteiger partial charge in [-0.15, -0.1) is 0 Å². The van der Waals surface area contributed by atoms with Crippen LogP contribution in [0.1, 0.15) is 71.1 Å². The van der Waals surface area contributed by atoms with E-state index in [0.29, 0.717) is 6.10 Å². The molecule has 17 heavy (non-hydrogen) atoms. The number of rotatable bonds is 4. The molecular weight excluding hydrogens is 210 g/mol. The van der Waals surface area contributed by atoms with E-state index in [-0.39, 0.29) is 5.60 Å². The number of nitrogens with two attached hydrogens (primary N) is 1.